The normalized spacial score (nSPS) is 17.6. The number of pyridine rings is 1. The number of hydrogen-bond donors (Lipinski definition) is 0. The summed E-state index contributed by atoms with van der Waals surface area (Å²) in [4.78, 5) is 19.3. The molecular formula is C17H20N2O2. The standard InChI is InChI=1S/C17H20N2O2/c1-12(2)19(17(20)14-8-10-21-11-14)15-7-3-5-13-6-4-9-18-16(13)15/h4,6,8-12,15H,3,5,7H2,1-2H3/t15-/m1/s1. The van der Waals surface area contributed by atoms with E-state index in [2.05, 4.69) is 24.9 Å². The number of nitrogens with zero attached hydrogens (tertiary/aromatic N) is 2. The van der Waals surface area contributed by atoms with E-state index < -0.39 is 0 Å². The molecule has 0 spiro atoms. The fraction of sp³-hybridized carbons (Fsp3) is 0.412. The minimum atomic E-state index is 0.0160. The molecule has 0 radical (unpaired) electrons. The quantitative estimate of drug-likeness (QED) is 0.865. The highest BCUT2D eigenvalue weighted by Gasteiger charge is 2.32. The zero-order valence-electron chi connectivity index (χ0n) is 12.5. The highest BCUT2D eigenvalue weighted by molar-refractivity contribution is 5.94. The summed E-state index contributed by atoms with van der Waals surface area (Å²) >= 11 is 0. The number of amides is 1. The van der Waals surface area contributed by atoms with Crippen molar-refractivity contribution >= 4 is 5.91 Å². The minimum Gasteiger partial charge on any atom is -0.472 e. The predicted molar refractivity (Wildman–Crippen MR) is 79.9 cm³/mol. The Morgan fingerprint density at radius 1 is 1.43 bits per heavy atom. The number of carbonyl (C=O) groups excluding carboxylic acids is 1. The van der Waals surface area contributed by atoms with E-state index in [-0.39, 0.29) is 18.0 Å². The summed E-state index contributed by atoms with van der Waals surface area (Å²) in [5, 5.41) is 0. The van der Waals surface area contributed by atoms with Crippen LogP contribution in [0.15, 0.2) is 41.3 Å². The number of aromatic nitrogens is 1. The van der Waals surface area contributed by atoms with Gasteiger partial charge in [-0.05, 0) is 50.8 Å². The molecule has 0 bridgehead atoms. The summed E-state index contributed by atoms with van der Waals surface area (Å²) < 4.78 is 5.06. The van der Waals surface area contributed by atoms with Gasteiger partial charge in [0.25, 0.3) is 5.91 Å². The van der Waals surface area contributed by atoms with E-state index in [0.717, 1.165) is 25.0 Å². The van der Waals surface area contributed by atoms with Crippen LogP contribution < -0.4 is 0 Å². The highest BCUT2D eigenvalue weighted by atomic mass is 16.3. The number of furan rings is 1. The molecule has 1 atom stereocenters. The maximum Gasteiger partial charge on any atom is 0.257 e. The summed E-state index contributed by atoms with van der Waals surface area (Å²) in [5.41, 5.74) is 2.92. The molecule has 1 aliphatic carbocycles. The number of hydrogen-bond acceptors (Lipinski definition) is 3. The van der Waals surface area contributed by atoms with Gasteiger partial charge in [0, 0.05) is 12.2 Å². The van der Waals surface area contributed by atoms with E-state index in [4.69, 9.17) is 4.42 Å². The van der Waals surface area contributed by atoms with Gasteiger partial charge in [0.15, 0.2) is 0 Å². The lowest BCUT2D eigenvalue weighted by Gasteiger charge is -2.37. The van der Waals surface area contributed by atoms with Crippen molar-refractivity contribution in [2.75, 3.05) is 0 Å². The monoisotopic (exact) mass is 284 g/mol. The van der Waals surface area contributed by atoms with Crippen LogP contribution in [-0.4, -0.2) is 21.8 Å². The zero-order valence-corrected chi connectivity index (χ0v) is 12.5. The lowest BCUT2D eigenvalue weighted by atomic mass is 9.90. The van der Waals surface area contributed by atoms with Crippen molar-refractivity contribution in [2.24, 2.45) is 0 Å². The van der Waals surface area contributed by atoms with Crippen molar-refractivity contribution in [3.05, 3.63) is 53.7 Å². The van der Waals surface area contributed by atoms with Crippen LogP contribution in [0.25, 0.3) is 0 Å². The number of fused-ring (bicyclic) bond motifs is 1. The van der Waals surface area contributed by atoms with Gasteiger partial charge in [-0.25, -0.2) is 0 Å². The minimum absolute atomic E-state index is 0.0160. The smallest absolute Gasteiger partial charge is 0.257 e. The van der Waals surface area contributed by atoms with Crippen LogP contribution in [0.1, 0.15) is 54.3 Å². The average molecular weight is 284 g/mol. The van der Waals surface area contributed by atoms with Gasteiger partial charge in [-0.15, -0.1) is 0 Å². The van der Waals surface area contributed by atoms with E-state index in [0.29, 0.717) is 5.56 Å². The van der Waals surface area contributed by atoms with Crippen LogP contribution in [0.3, 0.4) is 0 Å². The third-order valence-electron chi connectivity index (χ3n) is 4.06. The lowest BCUT2D eigenvalue weighted by molar-refractivity contribution is 0.0575. The molecule has 0 saturated heterocycles. The number of carbonyl (C=O) groups is 1. The summed E-state index contributed by atoms with van der Waals surface area (Å²) in [6.45, 7) is 4.10. The van der Waals surface area contributed by atoms with E-state index in [1.54, 1.807) is 12.3 Å². The summed E-state index contributed by atoms with van der Waals surface area (Å²) in [5.74, 6) is 0.0160. The van der Waals surface area contributed by atoms with Crippen molar-refractivity contribution in [1.29, 1.82) is 0 Å². The van der Waals surface area contributed by atoms with Gasteiger partial charge in [-0.2, -0.15) is 0 Å². The summed E-state index contributed by atoms with van der Waals surface area (Å²) in [6.07, 6.45) is 7.97. The summed E-state index contributed by atoms with van der Waals surface area (Å²) in [6, 6.07) is 5.98. The molecule has 4 heteroatoms. The first-order chi connectivity index (χ1) is 10.2. The van der Waals surface area contributed by atoms with Crippen LogP contribution >= 0.6 is 0 Å². The van der Waals surface area contributed by atoms with Crippen molar-refractivity contribution < 1.29 is 9.21 Å². The Morgan fingerprint density at radius 2 is 2.29 bits per heavy atom. The molecule has 0 unspecified atom stereocenters. The van der Waals surface area contributed by atoms with Gasteiger partial charge in [-0.3, -0.25) is 9.78 Å². The number of rotatable bonds is 3. The zero-order chi connectivity index (χ0) is 14.8. The third kappa shape index (κ3) is 2.58. The first kappa shape index (κ1) is 13.9. The fourth-order valence-corrected chi connectivity index (χ4v) is 3.13. The first-order valence-corrected chi connectivity index (χ1v) is 7.47. The van der Waals surface area contributed by atoms with Gasteiger partial charge < -0.3 is 9.32 Å². The fourth-order valence-electron chi connectivity index (χ4n) is 3.13. The van der Waals surface area contributed by atoms with E-state index in [1.165, 1.54) is 11.8 Å². The van der Waals surface area contributed by atoms with E-state index in [9.17, 15) is 4.79 Å². The lowest BCUT2D eigenvalue weighted by Crippen LogP contribution is -2.41. The molecule has 4 nitrogen and oxygen atoms in total. The molecule has 3 rings (SSSR count). The molecule has 2 heterocycles. The van der Waals surface area contributed by atoms with Crippen molar-refractivity contribution in [3.8, 4) is 0 Å². The molecule has 21 heavy (non-hydrogen) atoms. The van der Waals surface area contributed by atoms with Gasteiger partial charge in [-0.1, -0.05) is 6.07 Å². The van der Waals surface area contributed by atoms with Crippen molar-refractivity contribution in [1.82, 2.24) is 9.88 Å². The molecule has 2 aromatic rings. The second-order valence-electron chi connectivity index (χ2n) is 5.77. The second-order valence-corrected chi connectivity index (χ2v) is 5.77. The molecule has 1 aliphatic rings. The highest BCUT2D eigenvalue weighted by Crippen LogP contribution is 2.34. The van der Waals surface area contributed by atoms with Gasteiger partial charge in [0.1, 0.15) is 6.26 Å². The maximum atomic E-state index is 12.8. The van der Waals surface area contributed by atoms with Gasteiger partial charge >= 0.3 is 0 Å². The average Bonchev–Trinajstić information content (AvgIpc) is 3.01. The first-order valence-electron chi connectivity index (χ1n) is 7.47. The Kier molecular flexibility index (Phi) is 3.78. The van der Waals surface area contributed by atoms with Crippen LogP contribution in [0.4, 0.5) is 0 Å². The summed E-state index contributed by atoms with van der Waals surface area (Å²) in [7, 11) is 0. The van der Waals surface area contributed by atoms with Crippen LogP contribution in [0, 0.1) is 0 Å². The molecule has 0 saturated carbocycles. The topological polar surface area (TPSA) is 46.3 Å². The van der Waals surface area contributed by atoms with Crippen molar-refractivity contribution in [2.45, 2.75) is 45.2 Å². The molecule has 2 aromatic heterocycles. The molecule has 1 amide bonds. The van der Waals surface area contributed by atoms with Crippen LogP contribution in [0.2, 0.25) is 0 Å². The third-order valence-corrected chi connectivity index (χ3v) is 4.06. The Labute approximate surface area is 124 Å². The molecule has 0 aliphatic heterocycles. The number of aryl methyl sites for hydroxylation is 1. The largest absolute Gasteiger partial charge is 0.472 e. The predicted octanol–water partition coefficient (Wildman–Crippen LogP) is 3.60. The molecule has 0 aromatic carbocycles. The van der Waals surface area contributed by atoms with E-state index in [1.807, 2.05) is 17.2 Å². The Balaban J connectivity index is 1.98. The SMILES string of the molecule is CC(C)N(C(=O)c1ccoc1)[C@@H]1CCCc2cccnc21. The second kappa shape index (κ2) is 5.72. The van der Waals surface area contributed by atoms with Crippen LogP contribution in [-0.2, 0) is 6.42 Å². The molecule has 110 valence electrons. The Hall–Kier alpha value is -2.10. The van der Waals surface area contributed by atoms with E-state index >= 15 is 0 Å². The molecule has 0 N–H and O–H groups in total. The van der Waals surface area contributed by atoms with Crippen molar-refractivity contribution in [3.63, 3.8) is 0 Å². The maximum absolute atomic E-state index is 12.8. The van der Waals surface area contributed by atoms with Gasteiger partial charge in [0.2, 0.25) is 0 Å². The van der Waals surface area contributed by atoms with Crippen LogP contribution in [0.5, 0.6) is 0 Å². The Morgan fingerprint density at radius 3 is 3.00 bits per heavy atom. The Bertz CT molecular complexity index is 619. The molecule has 0 fully saturated rings. The van der Waals surface area contributed by atoms with Gasteiger partial charge in [0.05, 0.1) is 23.6 Å². The molecular weight excluding hydrogens is 264 g/mol.